The lowest BCUT2D eigenvalue weighted by atomic mass is 10.2. The van der Waals surface area contributed by atoms with Gasteiger partial charge in [-0.05, 0) is 68.3 Å². The number of ether oxygens (including phenoxy) is 1. The van der Waals surface area contributed by atoms with Gasteiger partial charge in [0.1, 0.15) is 5.75 Å². The quantitative estimate of drug-likeness (QED) is 0.858. The number of carbonyl (C=O) groups excluding carboxylic acids is 1. The van der Waals surface area contributed by atoms with Crippen molar-refractivity contribution in [2.45, 2.75) is 32.6 Å². The molecule has 2 aromatic carbocycles. The van der Waals surface area contributed by atoms with Crippen LogP contribution in [0.2, 0.25) is 0 Å². The highest BCUT2D eigenvalue weighted by Gasteiger charge is 2.10. The maximum absolute atomic E-state index is 12.4. The molecule has 0 spiro atoms. The smallest absolute Gasteiger partial charge is 0.255 e. The first-order valence-corrected chi connectivity index (χ1v) is 9.15. The summed E-state index contributed by atoms with van der Waals surface area (Å²) in [6.45, 7) is 4.81. The molecule has 3 rings (SSSR count). The molecule has 1 aliphatic heterocycles. The van der Waals surface area contributed by atoms with Crippen LogP contribution in [0.3, 0.4) is 0 Å². The predicted molar refractivity (Wildman–Crippen MR) is 103 cm³/mol. The molecule has 0 radical (unpaired) electrons. The third kappa shape index (κ3) is 4.75. The van der Waals surface area contributed by atoms with E-state index in [0.29, 0.717) is 12.2 Å². The molecule has 4 nitrogen and oxygen atoms in total. The van der Waals surface area contributed by atoms with Crippen LogP contribution in [0, 0.1) is 0 Å². The van der Waals surface area contributed by atoms with Gasteiger partial charge in [-0.25, -0.2) is 0 Å². The SMILES string of the molecule is CCOc1ccc(C(=O)Nc2ccc(N3CCCCCC3)cc2)cc1. The van der Waals surface area contributed by atoms with Crippen LogP contribution in [0.4, 0.5) is 11.4 Å². The van der Waals surface area contributed by atoms with Crippen molar-refractivity contribution >= 4 is 17.3 Å². The number of rotatable bonds is 5. The van der Waals surface area contributed by atoms with E-state index in [1.165, 1.54) is 31.4 Å². The fourth-order valence-electron chi connectivity index (χ4n) is 3.16. The molecule has 1 saturated heterocycles. The molecule has 0 bridgehead atoms. The number of nitrogens with zero attached hydrogens (tertiary/aromatic N) is 1. The lowest BCUT2D eigenvalue weighted by molar-refractivity contribution is 0.102. The Labute approximate surface area is 149 Å². The average Bonchev–Trinajstić information content (AvgIpc) is 2.93. The summed E-state index contributed by atoms with van der Waals surface area (Å²) in [5.41, 5.74) is 2.68. The minimum absolute atomic E-state index is 0.106. The van der Waals surface area contributed by atoms with Gasteiger partial charge < -0.3 is 15.0 Å². The number of nitrogens with one attached hydrogen (secondary N) is 1. The Morgan fingerprint density at radius 3 is 2.20 bits per heavy atom. The minimum atomic E-state index is -0.106. The third-order valence-corrected chi connectivity index (χ3v) is 4.52. The summed E-state index contributed by atoms with van der Waals surface area (Å²) in [5, 5.41) is 2.95. The summed E-state index contributed by atoms with van der Waals surface area (Å²) < 4.78 is 5.40. The second kappa shape index (κ2) is 8.56. The molecule has 0 unspecified atom stereocenters. The van der Waals surface area contributed by atoms with Crippen LogP contribution in [0.1, 0.15) is 43.0 Å². The van der Waals surface area contributed by atoms with Crippen LogP contribution in [0.25, 0.3) is 0 Å². The largest absolute Gasteiger partial charge is 0.494 e. The summed E-state index contributed by atoms with van der Waals surface area (Å²) in [4.78, 5) is 14.8. The van der Waals surface area contributed by atoms with Gasteiger partial charge in [0.05, 0.1) is 6.61 Å². The van der Waals surface area contributed by atoms with E-state index in [0.717, 1.165) is 24.5 Å². The molecule has 1 amide bonds. The minimum Gasteiger partial charge on any atom is -0.494 e. The van der Waals surface area contributed by atoms with Crippen molar-refractivity contribution in [2.75, 3.05) is 29.9 Å². The fraction of sp³-hybridized carbons (Fsp3) is 0.381. The Balaban J connectivity index is 1.61. The zero-order valence-corrected chi connectivity index (χ0v) is 14.8. The van der Waals surface area contributed by atoms with Crippen molar-refractivity contribution < 1.29 is 9.53 Å². The molecule has 25 heavy (non-hydrogen) atoms. The molecule has 4 heteroatoms. The van der Waals surface area contributed by atoms with Gasteiger partial charge in [-0.3, -0.25) is 4.79 Å². The van der Waals surface area contributed by atoms with E-state index < -0.39 is 0 Å². The van der Waals surface area contributed by atoms with Gasteiger partial charge in [0.2, 0.25) is 0 Å². The highest BCUT2D eigenvalue weighted by Crippen LogP contribution is 2.22. The van der Waals surface area contributed by atoms with Crippen molar-refractivity contribution in [2.24, 2.45) is 0 Å². The van der Waals surface area contributed by atoms with E-state index in [2.05, 4.69) is 22.3 Å². The van der Waals surface area contributed by atoms with Gasteiger partial charge >= 0.3 is 0 Å². The zero-order chi connectivity index (χ0) is 17.5. The van der Waals surface area contributed by atoms with Gasteiger partial charge in [0.15, 0.2) is 0 Å². The molecule has 2 aromatic rings. The van der Waals surface area contributed by atoms with E-state index >= 15 is 0 Å². The highest BCUT2D eigenvalue weighted by atomic mass is 16.5. The van der Waals surface area contributed by atoms with Gasteiger partial charge in [0.25, 0.3) is 5.91 Å². The Morgan fingerprint density at radius 2 is 1.60 bits per heavy atom. The molecule has 0 aromatic heterocycles. The molecule has 0 aliphatic carbocycles. The van der Waals surface area contributed by atoms with Gasteiger partial charge in [-0.15, -0.1) is 0 Å². The Hall–Kier alpha value is -2.49. The molecule has 0 atom stereocenters. The van der Waals surface area contributed by atoms with Crippen molar-refractivity contribution in [1.29, 1.82) is 0 Å². The van der Waals surface area contributed by atoms with Crippen molar-refractivity contribution in [3.05, 3.63) is 54.1 Å². The molecular weight excluding hydrogens is 312 g/mol. The standard InChI is InChI=1S/C21H26N2O2/c1-2-25-20-13-7-17(8-14-20)21(24)22-18-9-11-19(12-10-18)23-15-5-3-4-6-16-23/h7-14H,2-6,15-16H2,1H3,(H,22,24). The lowest BCUT2D eigenvalue weighted by Gasteiger charge is -2.22. The Bertz CT molecular complexity index is 672. The summed E-state index contributed by atoms with van der Waals surface area (Å²) >= 11 is 0. The Kier molecular flexibility index (Phi) is 5.94. The lowest BCUT2D eigenvalue weighted by Crippen LogP contribution is -2.23. The first-order valence-electron chi connectivity index (χ1n) is 9.15. The summed E-state index contributed by atoms with van der Waals surface area (Å²) in [7, 11) is 0. The molecule has 1 aliphatic rings. The predicted octanol–water partition coefficient (Wildman–Crippen LogP) is 4.72. The number of hydrogen-bond acceptors (Lipinski definition) is 3. The summed E-state index contributed by atoms with van der Waals surface area (Å²) in [5.74, 6) is 0.673. The van der Waals surface area contributed by atoms with Crippen molar-refractivity contribution in [1.82, 2.24) is 0 Å². The second-order valence-corrected chi connectivity index (χ2v) is 6.36. The van der Waals surface area contributed by atoms with E-state index in [1.54, 1.807) is 12.1 Å². The van der Waals surface area contributed by atoms with Crippen LogP contribution in [0.15, 0.2) is 48.5 Å². The third-order valence-electron chi connectivity index (χ3n) is 4.52. The van der Waals surface area contributed by atoms with Gasteiger partial charge in [0, 0.05) is 30.0 Å². The number of carbonyl (C=O) groups is 1. The van der Waals surface area contributed by atoms with Crippen molar-refractivity contribution in [3.63, 3.8) is 0 Å². The molecule has 1 heterocycles. The first-order chi connectivity index (χ1) is 12.3. The van der Waals surface area contributed by atoms with E-state index in [9.17, 15) is 4.79 Å². The summed E-state index contributed by atoms with van der Waals surface area (Å²) in [6, 6.07) is 15.4. The van der Waals surface area contributed by atoms with Gasteiger partial charge in [-0.1, -0.05) is 12.8 Å². The maximum atomic E-state index is 12.4. The second-order valence-electron chi connectivity index (χ2n) is 6.36. The fourth-order valence-corrected chi connectivity index (χ4v) is 3.16. The molecule has 132 valence electrons. The van der Waals surface area contributed by atoms with Crippen molar-refractivity contribution in [3.8, 4) is 5.75 Å². The molecule has 1 N–H and O–H groups in total. The molecular formula is C21H26N2O2. The average molecular weight is 338 g/mol. The van der Waals surface area contributed by atoms with Crippen LogP contribution >= 0.6 is 0 Å². The molecule has 0 saturated carbocycles. The number of amides is 1. The number of hydrogen-bond donors (Lipinski definition) is 1. The normalized spacial score (nSPS) is 14.7. The maximum Gasteiger partial charge on any atom is 0.255 e. The zero-order valence-electron chi connectivity index (χ0n) is 14.8. The van der Waals surface area contributed by atoms with E-state index in [-0.39, 0.29) is 5.91 Å². The highest BCUT2D eigenvalue weighted by molar-refractivity contribution is 6.04. The summed E-state index contributed by atoms with van der Waals surface area (Å²) in [6.07, 6.45) is 5.17. The van der Waals surface area contributed by atoms with Crippen LogP contribution in [0.5, 0.6) is 5.75 Å². The van der Waals surface area contributed by atoms with E-state index in [4.69, 9.17) is 4.74 Å². The number of anilines is 2. The van der Waals surface area contributed by atoms with Crippen LogP contribution < -0.4 is 15.0 Å². The Morgan fingerprint density at radius 1 is 0.960 bits per heavy atom. The topological polar surface area (TPSA) is 41.6 Å². The van der Waals surface area contributed by atoms with Crippen LogP contribution in [-0.4, -0.2) is 25.6 Å². The van der Waals surface area contributed by atoms with Crippen LogP contribution in [-0.2, 0) is 0 Å². The number of benzene rings is 2. The molecule has 1 fully saturated rings. The monoisotopic (exact) mass is 338 g/mol. The van der Waals surface area contributed by atoms with E-state index in [1.807, 2.05) is 31.2 Å². The first kappa shape index (κ1) is 17.3. The van der Waals surface area contributed by atoms with Gasteiger partial charge in [-0.2, -0.15) is 0 Å².